The van der Waals surface area contributed by atoms with E-state index in [1.165, 1.54) is 15.4 Å². The highest BCUT2D eigenvalue weighted by Crippen LogP contribution is 2.34. The van der Waals surface area contributed by atoms with Gasteiger partial charge in [-0.1, -0.05) is 30.0 Å². The first-order chi connectivity index (χ1) is 16.7. The SMILES string of the molecule is Cc1cccn2c(=O)c(C=C3SC(=S)N(CCCC(=O)O)C3=O)c(N3CCC(C(N)=O)CC3)nc12. The Bertz CT molecular complexity index is 1310. The number of aromatic nitrogens is 2. The molecule has 2 saturated heterocycles. The molecule has 4 heterocycles. The molecule has 12 heteroatoms. The number of carboxylic acid groups (broad SMARTS) is 1. The summed E-state index contributed by atoms with van der Waals surface area (Å²) in [5.74, 6) is -1.42. The van der Waals surface area contributed by atoms with Crippen molar-refractivity contribution in [2.45, 2.75) is 32.6 Å². The molecule has 0 aliphatic carbocycles. The third-order valence-electron chi connectivity index (χ3n) is 6.18. The van der Waals surface area contributed by atoms with Gasteiger partial charge in [-0.15, -0.1) is 0 Å². The van der Waals surface area contributed by atoms with Crippen LogP contribution in [-0.4, -0.2) is 61.1 Å². The molecule has 0 saturated carbocycles. The molecule has 2 amide bonds. The van der Waals surface area contributed by atoms with Crippen molar-refractivity contribution < 1.29 is 19.5 Å². The summed E-state index contributed by atoms with van der Waals surface area (Å²) in [5, 5.41) is 8.88. The number of primary amides is 1. The van der Waals surface area contributed by atoms with E-state index in [2.05, 4.69) is 0 Å². The summed E-state index contributed by atoms with van der Waals surface area (Å²) in [6.07, 6.45) is 4.46. The minimum Gasteiger partial charge on any atom is -0.481 e. The predicted octanol–water partition coefficient (Wildman–Crippen LogP) is 1.77. The lowest BCUT2D eigenvalue weighted by molar-refractivity contribution is -0.137. The molecule has 184 valence electrons. The Morgan fingerprint density at radius 2 is 2.03 bits per heavy atom. The van der Waals surface area contributed by atoms with Gasteiger partial charge in [-0.3, -0.25) is 28.5 Å². The lowest BCUT2D eigenvalue weighted by atomic mass is 9.96. The molecule has 2 fully saturated rings. The maximum Gasteiger partial charge on any atom is 0.303 e. The maximum absolute atomic E-state index is 13.6. The first-order valence-corrected chi connectivity index (χ1v) is 12.4. The first kappa shape index (κ1) is 24.9. The zero-order chi connectivity index (χ0) is 25.3. The van der Waals surface area contributed by atoms with Crippen LogP contribution in [0.1, 0.15) is 36.8 Å². The fourth-order valence-corrected chi connectivity index (χ4v) is 5.55. The van der Waals surface area contributed by atoms with Crippen LogP contribution in [0, 0.1) is 12.8 Å². The molecule has 2 aliphatic rings. The highest BCUT2D eigenvalue weighted by molar-refractivity contribution is 8.26. The van der Waals surface area contributed by atoms with Crippen LogP contribution >= 0.6 is 24.0 Å². The first-order valence-electron chi connectivity index (χ1n) is 11.2. The van der Waals surface area contributed by atoms with Crippen molar-refractivity contribution in [3.63, 3.8) is 0 Å². The number of piperidine rings is 1. The van der Waals surface area contributed by atoms with Crippen molar-refractivity contribution in [1.82, 2.24) is 14.3 Å². The number of carbonyl (C=O) groups is 3. The van der Waals surface area contributed by atoms with Crippen LogP contribution in [0.4, 0.5) is 5.82 Å². The van der Waals surface area contributed by atoms with Gasteiger partial charge in [-0.05, 0) is 43.9 Å². The summed E-state index contributed by atoms with van der Waals surface area (Å²) in [6.45, 7) is 3.06. The number of nitrogens with two attached hydrogens (primary N) is 1. The number of thiocarbonyl (C=S) groups is 1. The average Bonchev–Trinajstić information content (AvgIpc) is 3.08. The highest BCUT2D eigenvalue weighted by atomic mass is 32.2. The number of anilines is 1. The van der Waals surface area contributed by atoms with Gasteiger partial charge in [0.2, 0.25) is 5.91 Å². The smallest absolute Gasteiger partial charge is 0.303 e. The van der Waals surface area contributed by atoms with E-state index < -0.39 is 5.97 Å². The molecule has 0 atom stereocenters. The second kappa shape index (κ2) is 10.2. The van der Waals surface area contributed by atoms with Crippen LogP contribution < -0.4 is 16.2 Å². The number of hydrogen-bond acceptors (Lipinski definition) is 8. The van der Waals surface area contributed by atoms with Crippen LogP contribution in [0.15, 0.2) is 28.0 Å². The molecule has 0 radical (unpaired) electrons. The minimum atomic E-state index is -0.943. The third kappa shape index (κ3) is 5.08. The summed E-state index contributed by atoms with van der Waals surface area (Å²) < 4.78 is 1.77. The van der Waals surface area contributed by atoms with Crippen molar-refractivity contribution in [2.24, 2.45) is 11.7 Å². The standard InChI is InChI=1S/C23H25N5O5S2/c1-13-4-2-8-27-19(13)25-20(26-10-6-14(7-11-26)18(24)31)15(21(27)32)12-16-22(33)28(23(34)35-16)9-3-5-17(29)30/h2,4,8,12,14H,3,5-7,9-11H2,1H3,(H2,24,31)(H,29,30). The molecule has 10 nitrogen and oxygen atoms in total. The Kier molecular flexibility index (Phi) is 7.22. The van der Waals surface area contributed by atoms with Crippen molar-refractivity contribution in [2.75, 3.05) is 24.5 Å². The topological polar surface area (TPSA) is 138 Å². The van der Waals surface area contributed by atoms with Crippen LogP contribution in [0.25, 0.3) is 11.7 Å². The Labute approximate surface area is 210 Å². The number of carbonyl (C=O) groups excluding carboxylic acids is 2. The number of amides is 2. The van der Waals surface area contributed by atoms with Gasteiger partial charge in [-0.25, -0.2) is 4.98 Å². The zero-order valence-electron chi connectivity index (χ0n) is 19.1. The summed E-state index contributed by atoms with van der Waals surface area (Å²) in [4.78, 5) is 57.4. The van der Waals surface area contributed by atoms with Crippen LogP contribution in [0.3, 0.4) is 0 Å². The molecule has 0 spiro atoms. The minimum absolute atomic E-state index is 0.0726. The second-order valence-electron chi connectivity index (χ2n) is 8.53. The Hall–Kier alpha value is -3.25. The van der Waals surface area contributed by atoms with Gasteiger partial charge in [-0.2, -0.15) is 0 Å². The number of rotatable bonds is 7. The van der Waals surface area contributed by atoms with Gasteiger partial charge in [0.05, 0.1) is 10.5 Å². The lowest BCUT2D eigenvalue weighted by Crippen LogP contribution is -2.40. The van der Waals surface area contributed by atoms with Gasteiger partial charge in [0.15, 0.2) is 0 Å². The molecule has 0 unspecified atom stereocenters. The summed E-state index contributed by atoms with van der Waals surface area (Å²) in [5.41, 5.74) is 6.76. The molecular formula is C23H25N5O5S2. The van der Waals surface area contributed by atoms with Crippen molar-refractivity contribution in [3.8, 4) is 0 Å². The van der Waals surface area contributed by atoms with Gasteiger partial charge < -0.3 is 15.7 Å². The van der Waals surface area contributed by atoms with E-state index >= 15 is 0 Å². The largest absolute Gasteiger partial charge is 0.481 e. The maximum atomic E-state index is 13.6. The van der Waals surface area contributed by atoms with E-state index in [4.69, 9.17) is 28.0 Å². The zero-order valence-corrected chi connectivity index (χ0v) is 20.7. The summed E-state index contributed by atoms with van der Waals surface area (Å²) in [7, 11) is 0. The van der Waals surface area contributed by atoms with Gasteiger partial charge in [0, 0.05) is 38.2 Å². The van der Waals surface area contributed by atoms with Crippen molar-refractivity contribution in [1.29, 1.82) is 0 Å². The molecule has 3 N–H and O–H groups in total. The quantitative estimate of drug-likeness (QED) is 0.417. The fraction of sp³-hybridized carbons (Fsp3) is 0.391. The monoisotopic (exact) mass is 515 g/mol. The van der Waals surface area contributed by atoms with Crippen molar-refractivity contribution in [3.05, 3.63) is 44.7 Å². The summed E-state index contributed by atoms with van der Waals surface area (Å²) >= 11 is 6.42. The number of carboxylic acids is 1. The number of aryl methyl sites for hydroxylation is 1. The normalized spacial score (nSPS) is 18.1. The Morgan fingerprint density at radius 1 is 1.31 bits per heavy atom. The van der Waals surface area contributed by atoms with Crippen molar-refractivity contribution >= 4 is 63.6 Å². The molecular weight excluding hydrogens is 490 g/mol. The highest BCUT2D eigenvalue weighted by Gasteiger charge is 2.33. The molecule has 35 heavy (non-hydrogen) atoms. The van der Waals surface area contributed by atoms with E-state index in [0.29, 0.717) is 41.7 Å². The summed E-state index contributed by atoms with van der Waals surface area (Å²) in [6, 6.07) is 3.63. The van der Waals surface area contributed by atoms with Crippen LogP contribution in [0.5, 0.6) is 0 Å². The van der Waals surface area contributed by atoms with E-state index in [-0.39, 0.29) is 53.1 Å². The van der Waals surface area contributed by atoms with E-state index in [0.717, 1.165) is 17.3 Å². The van der Waals surface area contributed by atoms with Gasteiger partial charge in [0.1, 0.15) is 15.8 Å². The Morgan fingerprint density at radius 3 is 2.69 bits per heavy atom. The third-order valence-corrected chi connectivity index (χ3v) is 7.56. The predicted molar refractivity (Wildman–Crippen MR) is 137 cm³/mol. The van der Waals surface area contributed by atoms with Gasteiger partial charge >= 0.3 is 5.97 Å². The van der Waals surface area contributed by atoms with E-state index in [9.17, 15) is 19.2 Å². The van der Waals surface area contributed by atoms with Gasteiger partial charge in [0.25, 0.3) is 11.5 Å². The van der Waals surface area contributed by atoms with Crippen LogP contribution in [-0.2, 0) is 14.4 Å². The van der Waals surface area contributed by atoms with Crippen LogP contribution in [0.2, 0.25) is 0 Å². The number of fused-ring (bicyclic) bond motifs is 1. The van der Waals surface area contributed by atoms with E-state index in [1.807, 2.05) is 17.9 Å². The molecule has 2 aromatic rings. The average molecular weight is 516 g/mol. The number of thioether (sulfide) groups is 1. The molecule has 2 aliphatic heterocycles. The molecule has 2 aromatic heterocycles. The fourth-order valence-electron chi connectivity index (χ4n) is 4.26. The second-order valence-corrected chi connectivity index (χ2v) is 10.2. The molecule has 0 bridgehead atoms. The number of aliphatic carboxylic acids is 1. The van der Waals surface area contributed by atoms with E-state index in [1.54, 1.807) is 12.3 Å². The molecule has 4 rings (SSSR count). The molecule has 0 aromatic carbocycles. The number of hydrogen-bond donors (Lipinski definition) is 2. The lowest BCUT2D eigenvalue weighted by Gasteiger charge is -2.32. The Balaban J connectivity index is 1.74. The number of nitrogens with zero attached hydrogens (tertiary/aromatic N) is 4. The number of pyridine rings is 1.